The van der Waals surface area contributed by atoms with Crippen LogP contribution >= 0.6 is 0 Å². The van der Waals surface area contributed by atoms with Gasteiger partial charge in [-0.2, -0.15) is 0 Å². The van der Waals surface area contributed by atoms with Crippen molar-refractivity contribution in [1.82, 2.24) is 9.80 Å². The number of carbonyl (C=O) groups is 2. The number of unbranched alkanes of at least 4 members (excludes halogenated alkanes) is 4. The third-order valence-corrected chi connectivity index (χ3v) is 6.78. The number of amides is 1. The Morgan fingerprint density at radius 1 is 0.914 bits per heavy atom. The molecular weight excluding hydrogens is 443 g/mol. The molecule has 0 bridgehead atoms. The quantitative estimate of drug-likeness (QED) is 0.280. The molecule has 0 unspecified atom stereocenters. The Morgan fingerprint density at radius 3 is 2.29 bits per heavy atom. The van der Waals surface area contributed by atoms with E-state index in [9.17, 15) is 14.0 Å². The first-order valence-electron chi connectivity index (χ1n) is 12.9. The first-order valence-corrected chi connectivity index (χ1v) is 12.9. The lowest BCUT2D eigenvalue weighted by Gasteiger charge is -2.44. The van der Waals surface area contributed by atoms with Crippen molar-refractivity contribution in [3.8, 4) is 5.75 Å². The first kappa shape index (κ1) is 26.9. The largest absolute Gasteiger partial charge is 0.484 e. The summed E-state index contributed by atoms with van der Waals surface area (Å²) in [4.78, 5) is 29.4. The first-order chi connectivity index (χ1) is 16.9. The number of nitrogens with zero attached hydrogens (tertiary/aromatic N) is 2. The van der Waals surface area contributed by atoms with Gasteiger partial charge >= 0.3 is 0 Å². The third-order valence-electron chi connectivity index (χ3n) is 6.78. The van der Waals surface area contributed by atoms with Gasteiger partial charge in [0.15, 0.2) is 12.4 Å². The van der Waals surface area contributed by atoms with E-state index < -0.39 is 0 Å². The molecule has 1 saturated heterocycles. The van der Waals surface area contributed by atoms with E-state index in [-0.39, 0.29) is 36.2 Å². The molecule has 2 aromatic rings. The summed E-state index contributed by atoms with van der Waals surface area (Å²) < 4.78 is 18.9. The predicted octanol–water partition coefficient (Wildman–Crippen LogP) is 5.87. The van der Waals surface area contributed by atoms with Crippen LogP contribution in [0, 0.1) is 5.82 Å². The maximum Gasteiger partial charge on any atom is 0.260 e. The smallest absolute Gasteiger partial charge is 0.260 e. The van der Waals surface area contributed by atoms with Crippen LogP contribution in [0.4, 0.5) is 4.39 Å². The summed E-state index contributed by atoms with van der Waals surface area (Å²) in [5.41, 5.74) is 1.76. The van der Waals surface area contributed by atoms with Crippen molar-refractivity contribution in [2.75, 3.05) is 19.7 Å². The average molecular weight is 483 g/mol. The molecule has 3 rings (SSSR count). The van der Waals surface area contributed by atoms with E-state index in [1.54, 1.807) is 24.3 Å². The van der Waals surface area contributed by atoms with Gasteiger partial charge in [-0.25, -0.2) is 4.39 Å². The number of piperazine rings is 1. The van der Waals surface area contributed by atoms with Gasteiger partial charge in [0.1, 0.15) is 11.6 Å². The van der Waals surface area contributed by atoms with Crippen LogP contribution in [0.15, 0.2) is 48.5 Å². The van der Waals surface area contributed by atoms with Gasteiger partial charge in [-0.1, -0.05) is 44.7 Å². The number of rotatable bonds is 12. The molecule has 1 aliphatic rings. The van der Waals surface area contributed by atoms with Crippen LogP contribution < -0.4 is 4.74 Å². The topological polar surface area (TPSA) is 49.9 Å². The van der Waals surface area contributed by atoms with Crippen molar-refractivity contribution in [3.05, 3.63) is 65.5 Å². The fourth-order valence-electron chi connectivity index (χ4n) is 4.59. The molecule has 1 fully saturated rings. The summed E-state index contributed by atoms with van der Waals surface area (Å²) >= 11 is 0. The van der Waals surface area contributed by atoms with Crippen LogP contribution in [-0.2, 0) is 11.3 Å². The van der Waals surface area contributed by atoms with Gasteiger partial charge < -0.3 is 9.64 Å². The fraction of sp³-hybridized carbons (Fsp3) is 0.517. The van der Waals surface area contributed by atoms with Gasteiger partial charge in [-0.15, -0.1) is 0 Å². The van der Waals surface area contributed by atoms with Crippen LogP contribution in [0.5, 0.6) is 5.75 Å². The lowest BCUT2D eigenvalue weighted by Crippen LogP contribution is -2.58. The van der Waals surface area contributed by atoms with Crippen molar-refractivity contribution >= 4 is 11.7 Å². The highest BCUT2D eigenvalue weighted by Gasteiger charge is 2.32. The number of benzene rings is 2. The number of hydrogen-bond acceptors (Lipinski definition) is 4. The molecule has 2 atom stereocenters. The molecule has 5 nitrogen and oxygen atoms in total. The van der Waals surface area contributed by atoms with E-state index in [0.717, 1.165) is 31.5 Å². The molecule has 0 N–H and O–H groups in total. The van der Waals surface area contributed by atoms with Crippen molar-refractivity contribution in [2.24, 2.45) is 0 Å². The number of halogens is 1. The van der Waals surface area contributed by atoms with Crippen molar-refractivity contribution in [2.45, 2.75) is 77.9 Å². The Kier molecular flexibility index (Phi) is 10.3. The van der Waals surface area contributed by atoms with Gasteiger partial charge in [-0.05, 0) is 62.2 Å². The summed E-state index contributed by atoms with van der Waals surface area (Å²) in [5.74, 6) is 0.474. The van der Waals surface area contributed by atoms with E-state index >= 15 is 0 Å². The minimum Gasteiger partial charge on any atom is -0.484 e. The zero-order valence-electron chi connectivity index (χ0n) is 21.3. The molecule has 1 aliphatic heterocycles. The van der Waals surface area contributed by atoms with Gasteiger partial charge in [0, 0.05) is 43.7 Å². The second-order valence-electron chi connectivity index (χ2n) is 9.70. The Morgan fingerprint density at radius 2 is 1.60 bits per heavy atom. The minimum absolute atomic E-state index is 0.0280. The van der Waals surface area contributed by atoms with E-state index in [1.807, 2.05) is 24.0 Å². The molecule has 2 aromatic carbocycles. The molecule has 0 spiro atoms. The number of ketones is 1. The SMILES string of the molecule is CCCCCCCC(=O)c1ccc(OCC(=O)N2C[C@@H](C)N(Cc3ccc(F)cc3)C[C@@H]2C)cc1. The number of Topliss-reactive ketones (excluding diaryl/α,β-unsaturated/α-hetero) is 1. The Bertz CT molecular complexity index is 945. The van der Waals surface area contributed by atoms with E-state index in [0.29, 0.717) is 24.3 Å². The van der Waals surface area contributed by atoms with Crippen LogP contribution in [0.3, 0.4) is 0 Å². The Labute approximate surface area is 209 Å². The lowest BCUT2D eigenvalue weighted by atomic mass is 10.0. The van der Waals surface area contributed by atoms with E-state index in [4.69, 9.17) is 4.74 Å². The van der Waals surface area contributed by atoms with Crippen molar-refractivity contribution < 1.29 is 18.7 Å². The van der Waals surface area contributed by atoms with Crippen molar-refractivity contribution in [3.63, 3.8) is 0 Å². The molecule has 35 heavy (non-hydrogen) atoms. The van der Waals surface area contributed by atoms with Crippen LogP contribution in [0.1, 0.15) is 75.2 Å². The molecule has 0 aliphatic carbocycles. The normalized spacial score (nSPS) is 18.5. The maximum atomic E-state index is 13.2. The zero-order valence-corrected chi connectivity index (χ0v) is 21.3. The number of carbonyl (C=O) groups excluding carboxylic acids is 2. The zero-order chi connectivity index (χ0) is 25.2. The minimum atomic E-state index is -0.232. The summed E-state index contributed by atoms with van der Waals surface area (Å²) in [6.07, 6.45) is 6.21. The summed E-state index contributed by atoms with van der Waals surface area (Å²) in [6.45, 7) is 8.41. The van der Waals surface area contributed by atoms with Gasteiger partial charge in [0.25, 0.3) is 5.91 Å². The maximum absolute atomic E-state index is 13.2. The molecule has 0 aromatic heterocycles. The molecule has 1 amide bonds. The average Bonchev–Trinajstić information content (AvgIpc) is 2.86. The molecule has 1 heterocycles. The van der Waals surface area contributed by atoms with Gasteiger partial charge in [0.2, 0.25) is 0 Å². The molecule has 190 valence electrons. The highest BCUT2D eigenvalue weighted by atomic mass is 19.1. The molecular formula is C29H39FN2O3. The van der Waals surface area contributed by atoms with Gasteiger partial charge in [0.05, 0.1) is 0 Å². The van der Waals surface area contributed by atoms with Crippen molar-refractivity contribution in [1.29, 1.82) is 0 Å². The summed E-state index contributed by atoms with van der Waals surface area (Å²) in [5, 5.41) is 0. The van der Waals surface area contributed by atoms with Crippen LogP contribution in [0.25, 0.3) is 0 Å². The lowest BCUT2D eigenvalue weighted by molar-refractivity contribution is -0.139. The van der Waals surface area contributed by atoms with Gasteiger partial charge in [-0.3, -0.25) is 14.5 Å². The number of hydrogen-bond donors (Lipinski definition) is 0. The van der Waals surface area contributed by atoms with E-state index in [2.05, 4.69) is 18.7 Å². The number of ether oxygens (including phenoxy) is 1. The second kappa shape index (κ2) is 13.4. The monoisotopic (exact) mass is 482 g/mol. The molecule has 0 radical (unpaired) electrons. The highest BCUT2D eigenvalue weighted by molar-refractivity contribution is 5.96. The van der Waals surface area contributed by atoms with Crippen LogP contribution in [0.2, 0.25) is 0 Å². The second-order valence-corrected chi connectivity index (χ2v) is 9.70. The summed E-state index contributed by atoms with van der Waals surface area (Å²) in [6, 6.07) is 13.9. The summed E-state index contributed by atoms with van der Waals surface area (Å²) in [7, 11) is 0. The van der Waals surface area contributed by atoms with Crippen LogP contribution in [-0.4, -0.2) is 53.3 Å². The standard InChI is InChI=1S/C29H39FN2O3/c1-4-5-6-7-8-9-28(33)25-12-16-27(17-13-25)35-21-29(34)32-19-22(2)31(18-23(32)3)20-24-10-14-26(30)15-11-24/h10-17,22-23H,4-9,18-21H2,1-3H3/t22-,23+/m1/s1. The van der Waals surface area contributed by atoms with E-state index in [1.165, 1.54) is 31.4 Å². The predicted molar refractivity (Wildman–Crippen MR) is 137 cm³/mol. The Balaban J connectivity index is 1.44. The fourth-order valence-corrected chi connectivity index (χ4v) is 4.59. The molecule has 6 heteroatoms. The molecule has 0 saturated carbocycles. The highest BCUT2D eigenvalue weighted by Crippen LogP contribution is 2.20. The Hall–Kier alpha value is -2.73. The third kappa shape index (κ3) is 8.17.